The highest BCUT2D eigenvalue weighted by Crippen LogP contribution is 2.67. The van der Waals surface area contributed by atoms with Crippen LogP contribution in [0.4, 0.5) is 0 Å². The fourth-order valence-electron chi connectivity index (χ4n) is 9.49. The van der Waals surface area contributed by atoms with E-state index in [0.29, 0.717) is 0 Å². The van der Waals surface area contributed by atoms with Gasteiger partial charge in [-0.25, -0.2) is 0 Å². The van der Waals surface area contributed by atoms with Crippen molar-refractivity contribution in [1.82, 2.24) is 0 Å². The molecule has 237 valence electrons. The summed E-state index contributed by atoms with van der Waals surface area (Å²) in [5.74, 6) is 2.08. The molecule has 2 aliphatic carbocycles. The first-order valence-electron chi connectivity index (χ1n) is 17.0. The predicted molar refractivity (Wildman–Crippen MR) is 196 cm³/mol. The van der Waals surface area contributed by atoms with Gasteiger partial charge in [-0.05, 0) is 221 Å². The number of rotatable bonds is 1. The van der Waals surface area contributed by atoms with Crippen LogP contribution < -0.4 is 9.05 Å². The van der Waals surface area contributed by atoms with Gasteiger partial charge in [-0.2, -0.15) is 0 Å². The van der Waals surface area contributed by atoms with Crippen LogP contribution in [-0.2, 0) is 18.3 Å². The molecule has 1 spiro atoms. The van der Waals surface area contributed by atoms with Crippen molar-refractivity contribution in [3.63, 3.8) is 0 Å². The van der Waals surface area contributed by atoms with Crippen LogP contribution in [0, 0.1) is 96.9 Å². The van der Waals surface area contributed by atoms with Crippen molar-refractivity contribution in [3.05, 3.63) is 122 Å². The number of hydrogen-bond donors (Lipinski definition) is 0. The average Bonchev–Trinajstić information content (AvgIpc) is 3.03. The molecule has 2 nitrogen and oxygen atoms in total. The van der Waals surface area contributed by atoms with Crippen LogP contribution in [0.1, 0.15) is 122 Å². The van der Waals surface area contributed by atoms with Crippen molar-refractivity contribution in [3.8, 4) is 11.5 Å². The summed E-state index contributed by atoms with van der Waals surface area (Å²) in [5.41, 5.74) is 30.3. The molecule has 0 bridgehead atoms. The molecular weight excluding hydrogens is 578 g/mol. The Labute approximate surface area is 279 Å². The first-order chi connectivity index (χ1) is 21.6. The first-order valence-corrected chi connectivity index (χ1v) is 18.3. The Morgan fingerprint density at radius 2 is 0.674 bits per heavy atom. The van der Waals surface area contributed by atoms with Gasteiger partial charge in [0.25, 0.3) is 7.00 Å². The summed E-state index contributed by atoms with van der Waals surface area (Å²) in [4.78, 5) is 0. The van der Waals surface area contributed by atoms with Gasteiger partial charge in [0.1, 0.15) is 11.5 Å². The lowest BCUT2D eigenvalue weighted by atomic mass is 9.51. The van der Waals surface area contributed by atoms with E-state index < -0.39 is 13.7 Å². The summed E-state index contributed by atoms with van der Waals surface area (Å²) in [5, 5.41) is 0. The molecule has 4 aromatic carbocycles. The first kappa shape index (κ1) is 31.6. The van der Waals surface area contributed by atoms with Crippen molar-refractivity contribution >= 4 is 15.3 Å². The third kappa shape index (κ3) is 3.59. The minimum Gasteiger partial charge on any atom is -0.446 e. The van der Waals surface area contributed by atoms with E-state index in [1.54, 1.807) is 0 Å². The lowest BCUT2D eigenvalue weighted by Crippen LogP contribution is -2.44. The zero-order valence-electron chi connectivity index (χ0n) is 30.8. The second kappa shape index (κ2) is 10.2. The molecule has 1 radical (unpaired) electrons. The number of benzene rings is 4. The van der Waals surface area contributed by atoms with E-state index >= 15 is 0 Å². The molecule has 0 N–H and O–H groups in total. The second-order valence-electron chi connectivity index (χ2n) is 14.7. The molecule has 0 fully saturated rings. The molecule has 1 aliphatic heterocycles. The van der Waals surface area contributed by atoms with Crippen molar-refractivity contribution in [1.29, 1.82) is 0 Å². The minimum absolute atomic E-state index is 0.571. The highest BCUT2D eigenvalue weighted by molar-refractivity contribution is 7.78. The maximum absolute atomic E-state index is 7.24. The van der Waals surface area contributed by atoms with Gasteiger partial charge in [0.15, 0.2) is 0 Å². The standard InChI is InChI=1S/C42H49BO2P/c1-18-20(3)28(11)36-32(24(18)7)16-34-26(9)22(5)30(13)40-38(34)42(36)37-29(12)21(4)19(2)25(8)33(37)17-35-27(10)23(6)31(14)41(39(35)42)45-46(43-15)44-40/h16-17H2,1-15H3. The molecule has 0 amide bonds. The van der Waals surface area contributed by atoms with E-state index in [1.165, 1.54) is 122 Å². The quantitative estimate of drug-likeness (QED) is 0.133. The SMILES string of the molecule is C[B]P1Oc2c(C)c(C)c(C)c3c2C2(c4c(C)c(C)c(C)c(C)c4C3)c3c(C)c(C)c(C)c(C)c3Cc3c(C)c(C)c(C)c(c32)O1. The fourth-order valence-corrected chi connectivity index (χ4v) is 10.6. The molecule has 7 rings (SSSR count). The van der Waals surface area contributed by atoms with Gasteiger partial charge in [0.05, 0.1) is 5.41 Å². The van der Waals surface area contributed by atoms with Crippen LogP contribution in [0.5, 0.6) is 11.5 Å². The minimum atomic E-state index is -1.30. The van der Waals surface area contributed by atoms with Crippen molar-refractivity contribution in [2.24, 2.45) is 0 Å². The van der Waals surface area contributed by atoms with Gasteiger partial charge in [0, 0.05) is 11.1 Å². The van der Waals surface area contributed by atoms with E-state index in [9.17, 15) is 0 Å². The smallest absolute Gasteiger partial charge is 0.254 e. The fraction of sp³-hybridized carbons (Fsp3) is 0.429. The number of fused-ring (bicyclic) bond motifs is 2. The average molecular weight is 628 g/mol. The van der Waals surface area contributed by atoms with Gasteiger partial charge >= 0.3 is 0 Å². The van der Waals surface area contributed by atoms with Gasteiger partial charge in [-0.3, -0.25) is 0 Å². The van der Waals surface area contributed by atoms with E-state index in [4.69, 9.17) is 9.05 Å². The Morgan fingerprint density at radius 1 is 0.391 bits per heavy atom. The van der Waals surface area contributed by atoms with Crippen molar-refractivity contribution in [2.45, 2.75) is 122 Å². The summed E-state index contributed by atoms with van der Waals surface area (Å²) in [6.45, 7) is 37.0. The second-order valence-corrected chi connectivity index (χ2v) is 16.1. The highest BCUT2D eigenvalue weighted by Gasteiger charge is 2.56. The zero-order chi connectivity index (χ0) is 33.5. The van der Waals surface area contributed by atoms with Crippen LogP contribution in [0.25, 0.3) is 0 Å². The Bertz CT molecular complexity index is 1940. The molecule has 0 atom stereocenters. The maximum atomic E-state index is 7.24. The van der Waals surface area contributed by atoms with E-state index in [-0.39, 0.29) is 0 Å². The Morgan fingerprint density at radius 3 is 1.00 bits per heavy atom. The van der Waals surface area contributed by atoms with E-state index in [1.807, 2.05) is 0 Å². The van der Waals surface area contributed by atoms with Gasteiger partial charge in [0.2, 0.25) is 8.25 Å². The lowest BCUT2D eigenvalue weighted by molar-refractivity contribution is 0.460. The maximum Gasteiger partial charge on any atom is 0.254 e. The Hall–Kier alpha value is -3.03. The summed E-state index contributed by atoms with van der Waals surface area (Å²) < 4.78 is 14.5. The van der Waals surface area contributed by atoms with Gasteiger partial charge in [-0.1, -0.05) is 6.82 Å². The summed E-state index contributed by atoms with van der Waals surface area (Å²) in [7, 11) is -1.30. The molecule has 0 aromatic heterocycles. The Kier molecular flexibility index (Phi) is 7.02. The molecule has 0 saturated heterocycles. The van der Waals surface area contributed by atoms with Crippen molar-refractivity contribution < 1.29 is 9.05 Å². The molecule has 4 heteroatoms. The molecule has 0 saturated carbocycles. The Balaban J connectivity index is 1.92. The molecule has 46 heavy (non-hydrogen) atoms. The molecule has 3 aliphatic rings. The van der Waals surface area contributed by atoms with Gasteiger partial charge in [-0.15, -0.1) is 0 Å². The molecular formula is C42H49BO2P. The van der Waals surface area contributed by atoms with Crippen LogP contribution in [0.3, 0.4) is 0 Å². The zero-order valence-corrected chi connectivity index (χ0v) is 31.6. The van der Waals surface area contributed by atoms with Gasteiger partial charge < -0.3 is 9.05 Å². The largest absolute Gasteiger partial charge is 0.446 e. The molecule has 0 unspecified atom stereocenters. The molecule has 4 aromatic rings. The summed E-state index contributed by atoms with van der Waals surface area (Å²) in [6.07, 6.45) is 1.84. The molecule has 1 heterocycles. The van der Waals surface area contributed by atoms with E-state index in [0.717, 1.165) is 24.3 Å². The van der Waals surface area contributed by atoms with Crippen LogP contribution >= 0.6 is 8.25 Å². The monoisotopic (exact) mass is 627 g/mol. The predicted octanol–water partition coefficient (Wildman–Crippen LogP) is 10.9. The summed E-state index contributed by atoms with van der Waals surface area (Å²) >= 11 is 0. The topological polar surface area (TPSA) is 18.5 Å². The third-order valence-electron chi connectivity index (χ3n) is 13.3. The van der Waals surface area contributed by atoms with Crippen LogP contribution in [-0.4, -0.2) is 7.00 Å². The lowest BCUT2D eigenvalue weighted by Gasteiger charge is -2.52. The van der Waals surface area contributed by atoms with Crippen molar-refractivity contribution in [2.75, 3.05) is 0 Å². The third-order valence-corrected chi connectivity index (χ3v) is 14.5. The summed E-state index contributed by atoms with van der Waals surface area (Å²) in [6, 6.07) is 0. The van der Waals surface area contributed by atoms with Crippen LogP contribution in [0.2, 0.25) is 6.82 Å². The van der Waals surface area contributed by atoms with E-state index in [2.05, 4.69) is 111 Å². The highest BCUT2D eigenvalue weighted by atomic mass is 31.2. The normalized spacial score (nSPS) is 15.5. The van der Waals surface area contributed by atoms with Crippen LogP contribution in [0.15, 0.2) is 0 Å². The number of hydrogen-bond acceptors (Lipinski definition) is 2.